The van der Waals surface area contributed by atoms with Gasteiger partial charge in [0.15, 0.2) is 6.61 Å². The second-order valence-corrected chi connectivity index (χ2v) is 7.59. The number of carbonyl (C=O) groups excluding carboxylic acids is 4. The fourth-order valence-corrected chi connectivity index (χ4v) is 3.34. The number of hydrogen-bond donors (Lipinski definition) is 1. The van der Waals surface area contributed by atoms with Crippen molar-refractivity contribution in [3.8, 4) is 0 Å². The van der Waals surface area contributed by atoms with Crippen molar-refractivity contribution in [1.29, 1.82) is 0 Å². The molecule has 0 spiro atoms. The Bertz CT molecular complexity index is 805. The van der Waals surface area contributed by atoms with Crippen molar-refractivity contribution in [2.24, 2.45) is 5.92 Å². The monoisotopic (exact) mass is 401 g/mol. The topological polar surface area (TPSA) is 96.0 Å². The van der Waals surface area contributed by atoms with E-state index in [1.54, 1.807) is 4.90 Å². The normalized spacial score (nSPS) is 18.5. The largest absolute Gasteiger partial charge is 0.455 e. The van der Waals surface area contributed by atoms with Crippen molar-refractivity contribution in [3.63, 3.8) is 0 Å². The van der Waals surface area contributed by atoms with Gasteiger partial charge < -0.3 is 19.9 Å². The summed E-state index contributed by atoms with van der Waals surface area (Å²) in [6, 6.07) is 7.84. The summed E-state index contributed by atoms with van der Waals surface area (Å²) in [5.74, 6) is -1.99. The molecule has 1 aromatic carbocycles. The van der Waals surface area contributed by atoms with Crippen LogP contribution in [-0.4, -0.2) is 61.4 Å². The molecule has 29 heavy (non-hydrogen) atoms. The van der Waals surface area contributed by atoms with E-state index in [0.29, 0.717) is 0 Å². The van der Waals surface area contributed by atoms with Crippen LogP contribution in [0.15, 0.2) is 24.3 Å². The summed E-state index contributed by atoms with van der Waals surface area (Å²) in [5.41, 5.74) is 1.85. The SMILES string of the molecule is CCc1ccccc1N1C[C@@H](C(=O)OCC(=O)N(C)CC(=O)NC2CC2)CC1=O. The second kappa shape index (κ2) is 9.07. The molecule has 1 aliphatic heterocycles. The zero-order chi connectivity index (χ0) is 21.0. The standard InChI is InChI=1S/C21H27N3O5/c1-3-14-6-4-5-7-17(14)24-11-15(10-19(24)26)21(28)29-13-20(27)23(2)12-18(25)22-16-8-9-16/h4-7,15-16H,3,8-13H2,1-2H3,(H,22,25)/t15-/m0/s1. The van der Waals surface area contributed by atoms with Gasteiger partial charge in [0.2, 0.25) is 11.8 Å². The lowest BCUT2D eigenvalue weighted by Gasteiger charge is -2.20. The van der Waals surface area contributed by atoms with Gasteiger partial charge in [-0.2, -0.15) is 0 Å². The highest BCUT2D eigenvalue weighted by Crippen LogP contribution is 2.29. The van der Waals surface area contributed by atoms with Gasteiger partial charge >= 0.3 is 5.97 Å². The Morgan fingerprint density at radius 1 is 1.24 bits per heavy atom. The van der Waals surface area contributed by atoms with Crippen LogP contribution in [0.25, 0.3) is 0 Å². The number of ether oxygens (including phenoxy) is 1. The van der Waals surface area contributed by atoms with Crippen molar-refractivity contribution < 1.29 is 23.9 Å². The van der Waals surface area contributed by atoms with Crippen LogP contribution in [-0.2, 0) is 30.3 Å². The lowest BCUT2D eigenvalue weighted by molar-refractivity contribution is -0.155. The van der Waals surface area contributed by atoms with E-state index in [9.17, 15) is 19.2 Å². The third-order valence-corrected chi connectivity index (χ3v) is 5.21. The molecule has 1 aromatic rings. The highest BCUT2D eigenvalue weighted by Gasteiger charge is 2.37. The average Bonchev–Trinajstić information content (AvgIpc) is 3.43. The van der Waals surface area contributed by atoms with Crippen LogP contribution < -0.4 is 10.2 Å². The Hall–Kier alpha value is -2.90. The van der Waals surface area contributed by atoms with Crippen LogP contribution in [0.5, 0.6) is 0 Å². The lowest BCUT2D eigenvalue weighted by Crippen LogP contribution is -2.41. The molecule has 1 heterocycles. The Morgan fingerprint density at radius 2 is 1.97 bits per heavy atom. The molecule has 3 amide bonds. The van der Waals surface area contributed by atoms with Gasteiger partial charge in [0.05, 0.1) is 12.5 Å². The van der Waals surface area contributed by atoms with E-state index < -0.39 is 24.4 Å². The summed E-state index contributed by atoms with van der Waals surface area (Å²) in [6.07, 6.45) is 2.79. The Kier molecular flexibility index (Phi) is 6.51. The molecule has 0 aromatic heterocycles. The number of benzene rings is 1. The van der Waals surface area contributed by atoms with Gasteiger partial charge in [-0.25, -0.2) is 0 Å². The Morgan fingerprint density at radius 3 is 2.66 bits per heavy atom. The van der Waals surface area contributed by atoms with Gasteiger partial charge in [-0.15, -0.1) is 0 Å². The molecule has 0 unspecified atom stereocenters. The number of rotatable bonds is 8. The number of carbonyl (C=O) groups is 4. The maximum absolute atomic E-state index is 12.4. The summed E-state index contributed by atoms with van der Waals surface area (Å²) >= 11 is 0. The molecule has 2 fully saturated rings. The first-order valence-corrected chi connectivity index (χ1v) is 9.97. The van der Waals surface area contributed by atoms with Crippen molar-refractivity contribution in [2.45, 2.75) is 38.6 Å². The maximum atomic E-state index is 12.4. The molecule has 0 bridgehead atoms. The summed E-state index contributed by atoms with van der Waals surface area (Å²) in [4.78, 5) is 51.5. The van der Waals surface area contributed by atoms with E-state index in [-0.39, 0.29) is 37.4 Å². The number of amides is 3. The zero-order valence-electron chi connectivity index (χ0n) is 16.8. The van der Waals surface area contributed by atoms with Gasteiger partial charge in [-0.3, -0.25) is 19.2 Å². The van der Waals surface area contributed by atoms with Crippen LogP contribution in [0.4, 0.5) is 5.69 Å². The minimum atomic E-state index is -0.608. The summed E-state index contributed by atoms with van der Waals surface area (Å²) in [5, 5.41) is 2.80. The molecule has 3 rings (SSSR count). The van der Waals surface area contributed by atoms with Gasteiger partial charge in [0, 0.05) is 31.7 Å². The molecule has 8 heteroatoms. The molecule has 1 atom stereocenters. The molecular weight excluding hydrogens is 374 g/mol. The predicted octanol–water partition coefficient (Wildman–Crippen LogP) is 0.882. The first kappa shape index (κ1) is 20.8. The van der Waals surface area contributed by atoms with Gasteiger partial charge in [0.25, 0.3) is 5.91 Å². The summed E-state index contributed by atoms with van der Waals surface area (Å²) in [6.45, 7) is 1.74. The number of esters is 1. The van der Waals surface area contributed by atoms with Crippen LogP contribution in [0.2, 0.25) is 0 Å². The van der Waals surface area contributed by atoms with E-state index in [4.69, 9.17) is 4.74 Å². The predicted molar refractivity (Wildman–Crippen MR) is 106 cm³/mol. The first-order chi connectivity index (χ1) is 13.9. The summed E-state index contributed by atoms with van der Waals surface area (Å²) < 4.78 is 5.13. The average molecular weight is 401 g/mol. The van der Waals surface area contributed by atoms with Crippen molar-refractivity contribution >= 4 is 29.4 Å². The van der Waals surface area contributed by atoms with Crippen molar-refractivity contribution in [3.05, 3.63) is 29.8 Å². The van der Waals surface area contributed by atoms with E-state index >= 15 is 0 Å². The Balaban J connectivity index is 1.48. The number of hydrogen-bond acceptors (Lipinski definition) is 5. The first-order valence-electron chi connectivity index (χ1n) is 9.97. The number of para-hydroxylation sites is 1. The molecule has 2 aliphatic rings. The number of likely N-dealkylation sites (N-methyl/N-ethyl adjacent to an activating group) is 1. The van der Waals surface area contributed by atoms with Crippen LogP contribution >= 0.6 is 0 Å². The molecule has 1 N–H and O–H groups in total. The fraction of sp³-hybridized carbons (Fsp3) is 0.524. The number of nitrogens with zero attached hydrogens (tertiary/aromatic N) is 2. The third-order valence-electron chi connectivity index (χ3n) is 5.21. The number of nitrogens with one attached hydrogen (secondary N) is 1. The van der Waals surface area contributed by atoms with Gasteiger partial charge in [0.1, 0.15) is 0 Å². The van der Waals surface area contributed by atoms with Gasteiger partial charge in [-0.05, 0) is 30.9 Å². The van der Waals surface area contributed by atoms with Crippen molar-refractivity contribution in [1.82, 2.24) is 10.2 Å². The van der Waals surface area contributed by atoms with E-state index in [1.807, 2.05) is 31.2 Å². The minimum Gasteiger partial charge on any atom is -0.455 e. The van der Waals surface area contributed by atoms with Crippen molar-refractivity contribution in [2.75, 3.05) is 31.6 Å². The second-order valence-electron chi connectivity index (χ2n) is 7.59. The minimum absolute atomic E-state index is 0.0602. The van der Waals surface area contributed by atoms with E-state index in [2.05, 4.69) is 5.32 Å². The maximum Gasteiger partial charge on any atom is 0.311 e. The number of aryl methyl sites for hydroxylation is 1. The summed E-state index contributed by atoms with van der Waals surface area (Å²) in [7, 11) is 1.49. The molecule has 8 nitrogen and oxygen atoms in total. The molecule has 1 saturated carbocycles. The molecule has 1 saturated heterocycles. The number of anilines is 1. The smallest absolute Gasteiger partial charge is 0.311 e. The molecule has 1 aliphatic carbocycles. The third kappa shape index (κ3) is 5.34. The highest BCUT2D eigenvalue weighted by atomic mass is 16.5. The zero-order valence-corrected chi connectivity index (χ0v) is 16.8. The molecular formula is C21H27N3O5. The van der Waals surface area contributed by atoms with Gasteiger partial charge in [-0.1, -0.05) is 25.1 Å². The van der Waals surface area contributed by atoms with E-state index in [0.717, 1.165) is 30.5 Å². The van der Waals surface area contributed by atoms with Crippen LogP contribution in [0.3, 0.4) is 0 Å². The van der Waals surface area contributed by atoms with E-state index in [1.165, 1.54) is 11.9 Å². The van der Waals surface area contributed by atoms with Crippen LogP contribution in [0, 0.1) is 5.92 Å². The van der Waals surface area contributed by atoms with Crippen LogP contribution in [0.1, 0.15) is 31.7 Å². The molecule has 0 radical (unpaired) electrons. The molecule has 156 valence electrons. The highest BCUT2D eigenvalue weighted by molar-refractivity contribution is 6.00. The fourth-order valence-electron chi connectivity index (χ4n) is 3.34. The quantitative estimate of drug-likeness (QED) is 0.653. The lowest BCUT2D eigenvalue weighted by atomic mass is 10.1. The Labute approximate surface area is 170 Å².